The van der Waals surface area contributed by atoms with Gasteiger partial charge in [0.05, 0.1) is 17.2 Å². The molecule has 0 saturated heterocycles. The lowest BCUT2D eigenvalue weighted by molar-refractivity contribution is 0.286. The molecule has 1 heterocycles. The Kier molecular flexibility index (Phi) is 5.76. The van der Waals surface area contributed by atoms with E-state index in [0.29, 0.717) is 5.92 Å². The van der Waals surface area contributed by atoms with E-state index in [4.69, 9.17) is 4.98 Å². The Balaban J connectivity index is 2.31. The van der Waals surface area contributed by atoms with E-state index in [0.717, 1.165) is 34.4 Å². The predicted octanol–water partition coefficient (Wildman–Crippen LogP) is 4.17. The number of aliphatic hydroxyl groups excluding tert-OH is 1. The second-order valence-electron chi connectivity index (χ2n) is 5.34. The van der Waals surface area contributed by atoms with Crippen LogP contribution in [0.3, 0.4) is 0 Å². The van der Waals surface area contributed by atoms with Gasteiger partial charge in [-0.1, -0.05) is 61.9 Å². The summed E-state index contributed by atoms with van der Waals surface area (Å²) in [5.74, 6) is 0.645. The van der Waals surface area contributed by atoms with Gasteiger partial charge >= 0.3 is 0 Å². The SMILES string of the molecule is CCC(C)CN(CC)c1nc(-c2ccccc2)c(CO)s1. The molecule has 2 aromatic rings. The standard InChI is InChI=1S/C17H24N2OS/c1-4-13(3)11-19(5-2)17-18-16(15(12-20)21-17)14-9-7-6-8-10-14/h6-10,13,20H,4-5,11-12H2,1-3H3. The lowest BCUT2D eigenvalue weighted by Gasteiger charge is -2.23. The van der Waals surface area contributed by atoms with Gasteiger partial charge in [0, 0.05) is 18.7 Å². The van der Waals surface area contributed by atoms with Crippen LogP contribution in [0.4, 0.5) is 5.13 Å². The van der Waals surface area contributed by atoms with Gasteiger partial charge in [-0.15, -0.1) is 0 Å². The summed E-state index contributed by atoms with van der Waals surface area (Å²) in [6.45, 7) is 8.64. The van der Waals surface area contributed by atoms with Crippen molar-refractivity contribution in [3.63, 3.8) is 0 Å². The van der Waals surface area contributed by atoms with E-state index in [9.17, 15) is 5.11 Å². The second-order valence-corrected chi connectivity index (χ2v) is 6.41. The quantitative estimate of drug-likeness (QED) is 0.834. The Labute approximate surface area is 131 Å². The van der Waals surface area contributed by atoms with Gasteiger partial charge in [-0.2, -0.15) is 0 Å². The Morgan fingerprint density at radius 3 is 2.52 bits per heavy atom. The molecule has 0 fully saturated rings. The molecule has 0 amide bonds. The molecule has 21 heavy (non-hydrogen) atoms. The van der Waals surface area contributed by atoms with E-state index in [-0.39, 0.29) is 6.61 Å². The molecule has 0 radical (unpaired) electrons. The highest BCUT2D eigenvalue weighted by atomic mass is 32.1. The zero-order chi connectivity index (χ0) is 15.2. The zero-order valence-electron chi connectivity index (χ0n) is 13.0. The molecule has 2 rings (SSSR count). The fourth-order valence-electron chi connectivity index (χ4n) is 2.25. The van der Waals surface area contributed by atoms with Gasteiger partial charge in [0.15, 0.2) is 5.13 Å². The smallest absolute Gasteiger partial charge is 0.186 e. The summed E-state index contributed by atoms with van der Waals surface area (Å²) in [6, 6.07) is 10.1. The molecule has 4 heteroatoms. The minimum atomic E-state index is 0.0444. The van der Waals surface area contributed by atoms with E-state index in [1.54, 1.807) is 11.3 Å². The first-order valence-corrected chi connectivity index (χ1v) is 8.42. The Morgan fingerprint density at radius 2 is 1.95 bits per heavy atom. The number of hydrogen-bond donors (Lipinski definition) is 1. The molecule has 0 saturated carbocycles. The van der Waals surface area contributed by atoms with Crippen molar-refractivity contribution < 1.29 is 5.11 Å². The van der Waals surface area contributed by atoms with Crippen LogP contribution in [-0.2, 0) is 6.61 Å². The maximum absolute atomic E-state index is 9.63. The molecule has 1 aromatic heterocycles. The molecule has 0 aliphatic carbocycles. The summed E-state index contributed by atoms with van der Waals surface area (Å²) in [4.78, 5) is 8.05. The first-order valence-electron chi connectivity index (χ1n) is 7.60. The van der Waals surface area contributed by atoms with Gasteiger partial charge < -0.3 is 10.0 Å². The van der Waals surface area contributed by atoms with Crippen molar-refractivity contribution in [3.8, 4) is 11.3 Å². The molecule has 0 spiro atoms. The van der Waals surface area contributed by atoms with E-state index in [1.807, 2.05) is 30.3 Å². The average Bonchev–Trinajstić information content (AvgIpc) is 2.97. The minimum absolute atomic E-state index is 0.0444. The van der Waals surface area contributed by atoms with Crippen LogP contribution >= 0.6 is 11.3 Å². The fourth-order valence-corrected chi connectivity index (χ4v) is 3.27. The van der Waals surface area contributed by atoms with E-state index in [1.165, 1.54) is 6.42 Å². The number of benzene rings is 1. The lowest BCUT2D eigenvalue weighted by Crippen LogP contribution is -2.27. The summed E-state index contributed by atoms with van der Waals surface area (Å²) in [6.07, 6.45) is 1.17. The summed E-state index contributed by atoms with van der Waals surface area (Å²) in [5, 5.41) is 10.6. The maximum atomic E-state index is 9.63. The maximum Gasteiger partial charge on any atom is 0.186 e. The van der Waals surface area contributed by atoms with Gasteiger partial charge in [-0.25, -0.2) is 4.98 Å². The molecule has 0 aliphatic rings. The van der Waals surface area contributed by atoms with E-state index < -0.39 is 0 Å². The normalized spacial score (nSPS) is 12.4. The van der Waals surface area contributed by atoms with Gasteiger partial charge in [-0.05, 0) is 12.8 Å². The van der Waals surface area contributed by atoms with Crippen LogP contribution < -0.4 is 4.90 Å². The topological polar surface area (TPSA) is 36.4 Å². The van der Waals surface area contributed by atoms with Crippen molar-refractivity contribution in [2.24, 2.45) is 5.92 Å². The number of thiazole rings is 1. The van der Waals surface area contributed by atoms with E-state index >= 15 is 0 Å². The number of hydrogen-bond acceptors (Lipinski definition) is 4. The van der Waals surface area contributed by atoms with Crippen LogP contribution in [0.2, 0.25) is 0 Å². The fraction of sp³-hybridized carbons (Fsp3) is 0.471. The Bertz CT molecular complexity index is 553. The molecule has 1 unspecified atom stereocenters. The van der Waals surface area contributed by atoms with Gasteiger partial charge in [0.25, 0.3) is 0 Å². The third-order valence-corrected chi connectivity index (χ3v) is 4.86. The van der Waals surface area contributed by atoms with Crippen LogP contribution in [0.15, 0.2) is 30.3 Å². The molecule has 114 valence electrons. The molecular formula is C17H24N2OS. The third kappa shape index (κ3) is 3.83. The number of rotatable bonds is 7. The lowest BCUT2D eigenvalue weighted by atomic mass is 10.1. The number of anilines is 1. The van der Waals surface area contributed by atoms with Crippen molar-refractivity contribution in [2.75, 3.05) is 18.0 Å². The summed E-state index contributed by atoms with van der Waals surface area (Å²) in [7, 11) is 0. The monoisotopic (exact) mass is 304 g/mol. The second kappa shape index (κ2) is 7.57. The summed E-state index contributed by atoms with van der Waals surface area (Å²) >= 11 is 1.60. The molecule has 3 nitrogen and oxygen atoms in total. The van der Waals surface area contributed by atoms with Crippen molar-refractivity contribution in [3.05, 3.63) is 35.2 Å². The van der Waals surface area contributed by atoms with Crippen molar-refractivity contribution in [1.29, 1.82) is 0 Å². The van der Waals surface area contributed by atoms with Gasteiger partial charge in [0.1, 0.15) is 0 Å². The molecule has 1 atom stereocenters. The molecule has 1 N–H and O–H groups in total. The van der Waals surface area contributed by atoms with Crippen LogP contribution in [0.25, 0.3) is 11.3 Å². The summed E-state index contributed by atoms with van der Waals surface area (Å²) in [5.41, 5.74) is 1.99. The predicted molar refractivity (Wildman–Crippen MR) is 90.8 cm³/mol. The van der Waals surface area contributed by atoms with Crippen LogP contribution in [0, 0.1) is 5.92 Å². The summed E-state index contributed by atoms with van der Waals surface area (Å²) < 4.78 is 0. The van der Waals surface area contributed by atoms with Gasteiger partial charge in [-0.3, -0.25) is 0 Å². The van der Waals surface area contributed by atoms with Crippen LogP contribution in [0.5, 0.6) is 0 Å². The van der Waals surface area contributed by atoms with Crippen molar-refractivity contribution in [2.45, 2.75) is 33.8 Å². The zero-order valence-corrected chi connectivity index (χ0v) is 13.9. The van der Waals surface area contributed by atoms with Crippen molar-refractivity contribution in [1.82, 2.24) is 4.98 Å². The Morgan fingerprint density at radius 1 is 1.24 bits per heavy atom. The molecule has 0 aliphatic heterocycles. The number of aliphatic hydroxyl groups is 1. The molecule has 0 bridgehead atoms. The largest absolute Gasteiger partial charge is 0.391 e. The molecule has 1 aromatic carbocycles. The van der Waals surface area contributed by atoms with Gasteiger partial charge in [0.2, 0.25) is 0 Å². The highest BCUT2D eigenvalue weighted by molar-refractivity contribution is 7.16. The number of nitrogens with zero attached hydrogens (tertiary/aromatic N) is 2. The minimum Gasteiger partial charge on any atom is -0.391 e. The highest BCUT2D eigenvalue weighted by Gasteiger charge is 2.17. The van der Waals surface area contributed by atoms with Crippen LogP contribution in [-0.4, -0.2) is 23.2 Å². The third-order valence-electron chi connectivity index (χ3n) is 3.76. The average molecular weight is 304 g/mol. The first-order chi connectivity index (χ1) is 10.2. The molecular weight excluding hydrogens is 280 g/mol. The Hall–Kier alpha value is -1.39. The highest BCUT2D eigenvalue weighted by Crippen LogP contribution is 2.33. The first kappa shape index (κ1) is 16.0. The van der Waals surface area contributed by atoms with Crippen molar-refractivity contribution >= 4 is 16.5 Å². The number of aromatic nitrogens is 1. The van der Waals surface area contributed by atoms with Crippen LogP contribution in [0.1, 0.15) is 32.1 Å². The van der Waals surface area contributed by atoms with E-state index in [2.05, 4.69) is 25.7 Å².